The van der Waals surface area contributed by atoms with Crippen LogP contribution in [0.25, 0.3) is 0 Å². The second-order valence-corrected chi connectivity index (χ2v) is 7.32. The van der Waals surface area contributed by atoms with Gasteiger partial charge in [0, 0.05) is 28.7 Å². The first kappa shape index (κ1) is 15.7. The van der Waals surface area contributed by atoms with Crippen LogP contribution in [-0.2, 0) is 9.53 Å². The van der Waals surface area contributed by atoms with Crippen molar-refractivity contribution in [3.05, 3.63) is 82.1 Å². The van der Waals surface area contributed by atoms with Crippen molar-refractivity contribution in [2.75, 3.05) is 0 Å². The lowest BCUT2D eigenvalue weighted by molar-refractivity contribution is -0.128. The number of ether oxygens (including phenoxy) is 1. The number of hydrazone groups is 1. The number of hydrogen-bond acceptors (Lipinski definition) is 6. The molecule has 28 heavy (non-hydrogen) atoms. The fourth-order valence-corrected chi connectivity index (χ4v) is 4.69. The molecule has 1 spiro atoms. The number of allylic oxidation sites excluding steroid dienone is 1. The zero-order valence-electron chi connectivity index (χ0n) is 14.7. The van der Waals surface area contributed by atoms with Crippen LogP contribution in [0.15, 0.2) is 64.9 Å². The Morgan fingerprint density at radius 3 is 2.36 bits per heavy atom. The molecule has 0 saturated heterocycles. The highest BCUT2D eigenvalue weighted by Crippen LogP contribution is 2.52. The fourth-order valence-electron chi connectivity index (χ4n) is 4.69. The van der Waals surface area contributed by atoms with E-state index in [9.17, 15) is 14.4 Å². The molecular formula is C22H14N2O4. The predicted molar refractivity (Wildman–Crippen MR) is 98.8 cm³/mol. The maximum Gasteiger partial charge on any atom is 0.226 e. The molecule has 6 nitrogen and oxygen atoms in total. The molecule has 2 aliphatic heterocycles. The van der Waals surface area contributed by atoms with Crippen molar-refractivity contribution in [3.63, 3.8) is 0 Å². The summed E-state index contributed by atoms with van der Waals surface area (Å²) in [5.41, 5.74) is 1.16. The monoisotopic (exact) mass is 370 g/mol. The Morgan fingerprint density at radius 2 is 1.61 bits per heavy atom. The lowest BCUT2D eigenvalue weighted by Crippen LogP contribution is -2.54. The fraction of sp³-hybridized carbons (Fsp3) is 0.182. The van der Waals surface area contributed by atoms with E-state index in [-0.39, 0.29) is 17.8 Å². The molecule has 0 N–H and O–H groups in total. The Kier molecular flexibility index (Phi) is 2.86. The summed E-state index contributed by atoms with van der Waals surface area (Å²) in [6, 6.07) is 14.2. The van der Waals surface area contributed by atoms with Crippen molar-refractivity contribution in [3.8, 4) is 0 Å². The quantitative estimate of drug-likeness (QED) is 0.667. The minimum absolute atomic E-state index is 0.159. The smallest absolute Gasteiger partial charge is 0.226 e. The van der Waals surface area contributed by atoms with Crippen molar-refractivity contribution < 1.29 is 19.1 Å². The number of carbonyl (C=O) groups excluding carboxylic acids is 3. The molecule has 6 heteroatoms. The summed E-state index contributed by atoms with van der Waals surface area (Å²) in [4.78, 5) is 39.8. The van der Waals surface area contributed by atoms with Crippen LogP contribution in [0, 0.1) is 0 Å². The summed E-state index contributed by atoms with van der Waals surface area (Å²) >= 11 is 0. The third-order valence-corrected chi connectivity index (χ3v) is 5.93. The van der Waals surface area contributed by atoms with E-state index in [2.05, 4.69) is 5.10 Å². The van der Waals surface area contributed by atoms with E-state index in [0.29, 0.717) is 23.2 Å². The SMILES string of the molecule is O=C1CCC2=C1C1(OC3c4ccccc4C=NN23)C(=O)c2ccccc2C1=O. The van der Waals surface area contributed by atoms with Gasteiger partial charge in [-0.25, -0.2) is 5.01 Å². The molecule has 2 aliphatic carbocycles. The van der Waals surface area contributed by atoms with Gasteiger partial charge in [0.05, 0.1) is 17.5 Å². The van der Waals surface area contributed by atoms with Crippen LogP contribution >= 0.6 is 0 Å². The molecule has 2 heterocycles. The summed E-state index contributed by atoms with van der Waals surface area (Å²) in [5, 5.41) is 6.12. The third kappa shape index (κ3) is 1.67. The van der Waals surface area contributed by atoms with Crippen LogP contribution in [0.2, 0.25) is 0 Å². The van der Waals surface area contributed by atoms with E-state index in [4.69, 9.17) is 4.74 Å². The van der Waals surface area contributed by atoms with Gasteiger partial charge in [-0.3, -0.25) is 14.4 Å². The van der Waals surface area contributed by atoms with E-state index in [0.717, 1.165) is 11.1 Å². The van der Waals surface area contributed by atoms with Crippen LogP contribution in [0.5, 0.6) is 0 Å². The first-order valence-corrected chi connectivity index (χ1v) is 9.18. The molecule has 1 unspecified atom stereocenters. The van der Waals surface area contributed by atoms with Crippen LogP contribution in [0.3, 0.4) is 0 Å². The lowest BCUT2D eigenvalue weighted by Gasteiger charge is -2.44. The van der Waals surface area contributed by atoms with Gasteiger partial charge in [0.1, 0.15) is 0 Å². The maximum atomic E-state index is 13.5. The van der Waals surface area contributed by atoms with Gasteiger partial charge < -0.3 is 4.74 Å². The molecule has 2 aromatic carbocycles. The molecule has 0 amide bonds. The number of nitrogens with zero attached hydrogens (tertiary/aromatic N) is 2. The van der Waals surface area contributed by atoms with Crippen molar-refractivity contribution in [1.82, 2.24) is 5.01 Å². The summed E-state index contributed by atoms with van der Waals surface area (Å²) < 4.78 is 6.29. The van der Waals surface area contributed by atoms with Gasteiger partial charge in [0.15, 0.2) is 12.0 Å². The standard InChI is InChI=1S/C22H14N2O4/c25-17-10-9-16-18(17)22(19(26)14-7-3-4-8-15(14)20(22)27)28-21-13-6-2-1-5-12(13)11-23-24(16)21/h1-8,11,21H,9-10H2. The second kappa shape index (κ2) is 5.11. The zero-order valence-corrected chi connectivity index (χ0v) is 14.7. The number of benzene rings is 2. The molecule has 0 saturated carbocycles. The van der Waals surface area contributed by atoms with Gasteiger partial charge in [-0.15, -0.1) is 0 Å². The van der Waals surface area contributed by atoms with Gasteiger partial charge in [0.2, 0.25) is 17.2 Å². The van der Waals surface area contributed by atoms with Crippen LogP contribution in [0.4, 0.5) is 0 Å². The summed E-state index contributed by atoms with van der Waals surface area (Å²) in [5.74, 6) is -1.14. The summed E-state index contributed by atoms with van der Waals surface area (Å²) in [6.07, 6.45) is 1.67. The Hall–Kier alpha value is -3.38. The van der Waals surface area contributed by atoms with Gasteiger partial charge in [-0.05, 0) is 6.42 Å². The lowest BCUT2D eigenvalue weighted by atomic mass is 9.84. The minimum Gasteiger partial charge on any atom is -0.324 e. The molecule has 0 fully saturated rings. The van der Waals surface area contributed by atoms with Gasteiger partial charge in [0.25, 0.3) is 0 Å². The number of ketones is 3. The summed E-state index contributed by atoms with van der Waals surface area (Å²) in [6.45, 7) is 0. The topological polar surface area (TPSA) is 76.0 Å². The number of rotatable bonds is 0. The third-order valence-electron chi connectivity index (χ3n) is 5.93. The normalized spacial score (nSPS) is 23.8. The molecule has 0 bridgehead atoms. The highest BCUT2D eigenvalue weighted by Gasteiger charge is 2.64. The molecule has 6 rings (SSSR count). The number of carbonyl (C=O) groups is 3. The molecule has 4 aliphatic rings. The largest absolute Gasteiger partial charge is 0.324 e. The van der Waals surface area contributed by atoms with E-state index in [1.54, 1.807) is 35.5 Å². The molecule has 0 aromatic heterocycles. The first-order valence-electron chi connectivity index (χ1n) is 9.18. The van der Waals surface area contributed by atoms with E-state index in [1.165, 1.54) is 0 Å². The number of hydrogen-bond donors (Lipinski definition) is 0. The average Bonchev–Trinajstić information content (AvgIpc) is 3.22. The van der Waals surface area contributed by atoms with Crippen molar-refractivity contribution >= 4 is 23.6 Å². The Balaban J connectivity index is 1.63. The van der Waals surface area contributed by atoms with Crippen LogP contribution in [0.1, 0.15) is 50.9 Å². The van der Waals surface area contributed by atoms with E-state index < -0.39 is 23.4 Å². The Morgan fingerprint density at radius 1 is 0.929 bits per heavy atom. The predicted octanol–water partition coefficient (Wildman–Crippen LogP) is 2.80. The van der Waals surface area contributed by atoms with Crippen molar-refractivity contribution in [1.29, 1.82) is 0 Å². The summed E-state index contributed by atoms with van der Waals surface area (Å²) in [7, 11) is 0. The number of fused-ring (bicyclic) bond motifs is 6. The van der Waals surface area contributed by atoms with Crippen LogP contribution in [-0.4, -0.2) is 34.2 Å². The second-order valence-electron chi connectivity index (χ2n) is 7.32. The first-order chi connectivity index (χ1) is 13.6. The Bertz CT molecular complexity index is 1140. The average molecular weight is 370 g/mol. The molecule has 0 radical (unpaired) electrons. The van der Waals surface area contributed by atoms with Gasteiger partial charge in [-0.1, -0.05) is 48.5 Å². The van der Waals surface area contributed by atoms with E-state index >= 15 is 0 Å². The Labute approximate surface area is 160 Å². The number of Topliss-reactive ketones (excluding diaryl/α,β-unsaturated/α-hetero) is 3. The minimum atomic E-state index is -1.91. The van der Waals surface area contributed by atoms with Gasteiger partial charge in [-0.2, -0.15) is 5.10 Å². The highest BCUT2D eigenvalue weighted by atomic mass is 16.5. The molecular weight excluding hydrogens is 356 g/mol. The van der Waals surface area contributed by atoms with Crippen molar-refractivity contribution in [2.24, 2.45) is 5.10 Å². The molecule has 1 atom stereocenters. The maximum absolute atomic E-state index is 13.5. The van der Waals surface area contributed by atoms with Crippen LogP contribution < -0.4 is 0 Å². The molecule has 2 aromatic rings. The van der Waals surface area contributed by atoms with Gasteiger partial charge >= 0.3 is 0 Å². The highest BCUT2D eigenvalue weighted by molar-refractivity contribution is 6.37. The van der Waals surface area contributed by atoms with E-state index in [1.807, 2.05) is 24.3 Å². The van der Waals surface area contributed by atoms with Crippen molar-refractivity contribution in [2.45, 2.75) is 24.7 Å². The zero-order chi connectivity index (χ0) is 19.0. The molecule has 136 valence electrons.